The Kier molecular flexibility index (Phi) is 31.5. The highest BCUT2D eigenvalue weighted by molar-refractivity contribution is 5.78. The average molecular weight is 523 g/mol. The third-order valence-corrected chi connectivity index (χ3v) is 6.71. The van der Waals surface area contributed by atoms with Gasteiger partial charge in [0.15, 0.2) is 0 Å². The lowest BCUT2D eigenvalue weighted by atomic mass is 10.0. The van der Waals surface area contributed by atoms with Crippen molar-refractivity contribution >= 4 is 5.78 Å². The Morgan fingerprint density at radius 1 is 0.368 bits per heavy atom. The second kappa shape index (κ2) is 33.1. The molecule has 0 saturated heterocycles. The van der Waals surface area contributed by atoms with Crippen LogP contribution in [0.2, 0.25) is 0 Å². The molecular formula is C37H62O. The van der Waals surface area contributed by atoms with Gasteiger partial charge < -0.3 is 0 Å². The molecule has 0 saturated carbocycles. The Morgan fingerprint density at radius 2 is 0.658 bits per heavy atom. The molecule has 0 aromatic carbocycles. The van der Waals surface area contributed by atoms with Gasteiger partial charge >= 0.3 is 0 Å². The van der Waals surface area contributed by atoms with E-state index >= 15 is 0 Å². The number of carbonyl (C=O) groups is 1. The normalized spacial score (nSPS) is 12.7. The zero-order valence-electron chi connectivity index (χ0n) is 25.4. The van der Waals surface area contributed by atoms with Crippen LogP contribution in [0.1, 0.15) is 155 Å². The highest BCUT2D eigenvalue weighted by atomic mass is 16.1. The number of ketones is 1. The Hall–Kier alpha value is -1.89. The SMILES string of the molecule is CC/C=C\C/C=C\C/C=C\CCCCCCCCC(=O)CCCCCCCC/C=C\C/C=C\C/C=C\CC. The fraction of sp³-hybridized carbons (Fsp3) is 0.649. The second-order valence-corrected chi connectivity index (χ2v) is 10.4. The number of allylic oxidation sites excluding steroid dienone is 12. The number of Topliss-reactive ketones (excluding diaryl/α,β-unsaturated/α-hetero) is 1. The lowest BCUT2D eigenvalue weighted by molar-refractivity contribution is -0.119. The summed E-state index contributed by atoms with van der Waals surface area (Å²) in [7, 11) is 0. The Labute approximate surface area is 238 Å². The van der Waals surface area contributed by atoms with Crippen LogP contribution in [0.15, 0.2) is 72.9 Å². The summed E-state index contributed by atoms with van der Waals surface area (Å²) in [6.07, 6.45) is 52.7. The maximum Gasteiger partial charge on any atom is 0.132 e. The van der Waals surface area contributed by atoms with E-state index in [1.54, 1.807) is 0 Å². The largest absolute Gasteiger partial charge is 0.300 e. The van der Waals surface area contributed by atoms with Gasteiger partial charge in [0.1, 0.15) is 5.78 Å². The summed E-state index contributed by atoms with van der Waals surface area (Å²) in [5.41, 5.74) is 0. The third kappa shape index (κ3) is 32.1. The first-order valence-corrected chi connectivity index (χ1v) is 16.2. The van der Waals surface area contributed by atoms with Crippen LogP contribution >= 0.6 is 0 Å². The van der Waals surface area contributed by atoms with Crippen molar-refractivity contribution in [2.45, 2.75) is 155 Å². The van der Waals surface area contributed by atoms with E-state index in [4.69, 9.17) is 0 Å². The summed E-state index contributed by atoms with van der Waals surface area (Å²) in [5.74, 6) is 0.492. The fourth-order valence-corrected chi connectivity index (χ4v) is 4.36. The zero-order chi connectivity index (χ0) is 27.6. The standard InChI is InChI=1S/C37H62O/c1-3-5-7-9-11-13-15-17-19-21-23-25-27-29-31-33-35-37(38)36-34-32-30-28-26-24-22-20-18-16-14-12-10-8-6-4-2/h5-8,11-14,17-20H,3-4,9-10,15-16,21-36H2,1-2H3/b7-5-,8-6-,13-11-,14-12-,19-17-,20-18-. The zero-order valence-corrected chi connectivity index (χ0v) is 25.4. The second-order valence-electron chi connectivity index (χ2n) is 10.4. The number of rotatable bonds is 28. The van der Waals surface area contributed by atoms with E-state index in [9.17, 15) is 4.79 Å². The monoisotopic (exact) mass is 522 g/mol. The van der Waals surface area contributed by atoms with Crippen LogP contribution in [0.5, 0.6) is 0 Å². The molecule has 0 unspecified atom stereocenters. The predicted octanol–water partition coefficient (Wildman–Crippen LogP) is 12.5. The topological polar surface area (TPSA) is 17.1 Å². The molecule has 216 valence electrons. The molecule has 0 atom stereocenters. The molecule has 0 amide bonds. The lowest BCUT2D eigenvalue weighted by Gasteiger charge is -2.03. The summed E-state index contributed by atoms with van der Waals surface area (Å²) in [6, 6.07) is 0. The minimum absolute atomic E-state index is 0.492. The van der Waals surface area contributed by atoms with Crippen LogP contribution in [0.3, 0.4) is 0 Å². The van der Waals surface area contributed by atoms with Crippen LogP contribution in [0.4, 0.5) is 0 Å². The van der Waals surface area contributed by atoms with Gasteiger partial charge in [-0.3, -0.25) is 4.79 Å². The highest BCUT2D eigenvalue weighted by Gasteiger charge is 2.02. The van der Waals surface area contributed by atoms with E-state index < -0.39 is 0 Å². The highest BCUT2D eigenvalue weighted by Crippen LogP contribution is 2.13. The van der Waals surface area contributed by atoms with Gasteiger partial charge in [-0.05, 0) is 77.0 Å². The van der Waals surface area contributed by atoms with Gasteiger partial charge in [-0.25, -0.2) is 0 Å². The molecule has 0 bridgehead atoms. The fourth-order valence-electron chi connectivity index (χ4n) is 4.36. The Balaban J connectivity index is 3.33. The summed E-state index contributed by atoms with van der Waals surface area (Å²) in [5, 5.41) is 0. The Bertz CT molecular complexity index is 602. The molecule has 0 radical (unpaired) electrons. The van der Waals surface area contributed by atoms with Crippen LogP contribution < -0.4 is 0 Å². The molecular weight excluding hydrogens is 460 g/mol. The molecule has 1 nitrogen and oxygen atoms in total. The van der Waals surface area contributed by atoms with Gasteiger partial charge in [0, 0.05) is 12.8 Å². The van der Waals surface area contributed by atoms with Crippen molar-refractivity contribution in [2.24, 2.45) is 0 Å². The van der Waals surface area contributed by atoms with Crippen molar-refractivity contribution in [2.75, 3.05) is 0 Å². The molecule has 0 aliphatic rings. The number of hydrogen-bond donors (Lipinski definition) is 0. The summed E-state index contributed by atoms with van der Waals surface area (Å²) < 4.78 is 0. The van der Waals surface area contributed by atoms with Crippen molar-refractivity contribution in [3.63, 3.8) is 0 Å². The first kappa shape index (κ1) is 36.1. The number of carbonyl (C=O) groups excluding carboxylic acids is 1. The molecule has 0 fully saturated rings. The molecule has 0 aromatic rings. The van der Waals surface area contributed by atoms with Crippen LogP contribution in [0.25, 0.3) is 0 Å². The average Bonchev–Trinajstić information content (AvgIpc) is 2.92. The van der Waals surface area contributed by atoms with Gasteiger partial charge in [-0.2, -0.15) is 0 Å². The number of unbranched alkanes of at least 4 members (excludes halogenated alkanes) is 12. The molecule has 0 aliphatic carbocycles. The van der Waals surface area contributed by atoms with E-state index in [1.165, 1.54) is 77.0 Å². The molecule has 0 heterocycles. The van der Waals surface area contributed by atoms with Crippen molar-refractivity contribution in [1.29, 1.82) is 0 Å². The minimum atomic E-state index is 0.492. The summed E-state index contributed by atoms with van der Waals surface area (Å²) in [4.78, 5) is 12.1. The maximum absolute atomic E-state index is 12.1. The van der Waals surface area contributed by atoms with Gasteiger partial charge in [0.2, 0.25) is 0 Å². The van der Waals surface area contributed by atoms with Gasteiger partial charge in [0.05, 0.1) is 0 Å². The Morgan fingerprint density at radius 3 is 1.03 bits per heavy atom. The first-order chi connectivity index (χ1) is 18.8. The van der Waals surface area contributed by atoms with E-state index in [-0.39, 0.29) is 0 Å². The maximum atomic E-state index is 12.1. The molecule has 1 heteroatoms. The van der Waals surface area contributed by atoms with E-state index in [0.29, 0.717) is 5.78 Å². The van der Waals surface area contributed by atoms with Gasteiger partial charge in [-0.15, -0.1) is 0 Å². The smallest absolute Gasteiger partial charge is 0.132 e. The van der Waals surface area contributed by atoms with Crippen molar-refractivity contribution in [3.05, 3.63) is 72.9 Å². The van der Waals surface area contributed by atoms with E-state index in [1.807, 2.05) is 0 Å². The van der Waals surface area contributed by atoms with Gasteiger partial charge in [-0.1, -0.05) is 138 Å². The molecule has 0 spiro atoms. The van der Waals surface area contributed by atoms with Gasteiger partial charge in [0.25, 0.3) is 0 Å². The van der Waals surface area contributed by atoms with Crippen molar-refractivity contribution in [1.82, 2.24) is 0 Å². The molecule has 0 rings (SSSR count). The van der Waals surface area contributed by atoms with E-state index in [2.05, 4.69) is 86.8 Å². The molecule has 0 aromatic heterocycles. The third-order valence-electron chi connectivity index (χ3n) is 6.71. The minimum Gasteiger partial charge on any atom is -0.300 e. The van der Waals surface area contributed by atoms with Crippen LogP contribution in [0, 0.1) is 0 Å². The van der Waals surface area contributed by atoms with E-state index in [0.717, 1.165) is 64.2 Å². The summed E-state index contributed by atoms with van der Waals surface area (Å²) >= 11 is 0. The van der Waals surface area contributed by atoms with Crippen LogP contribution in [-0.4, -0.2) is 5.78 Å². The molecule has 0 aliphatic heterocycles. The van der Waals surface area contributed by atoms with Crippen LogP contribution in [-0.2, 0) is 4.79 Å². The lowest BCUT2D eigenvalue weighted by Crippen LogP contribution is -1.97. The first-order valence-electron chi connectivity index (χ1n) is 16.2. The summed E-state index contributed by atoms with van der Waals surface area (Å²) in [6.45, 7) is 4.34. The number of hydrogen-bond acceptors (Lipinski definition) is 1. The molecule has 38 heavy (non-hydrogen) atoms. The van der Waals surface area contributed by atoms with Crippen molar-refractivity contribution in [3.8, 4) is 0 Å². The quantitative estimate of drug-likeness (QED) is 0.0737. The predicted molar refractivity (Wildman–Crippen MR) is 173 cm³/mol. The van der Waals surface area contributed by atoms with Crippen molar-refractivity contribution < 1.29 is 4.79 Å². The molecule has 0 N–H and O–H groups in total.